The second-order valence-corrected chi connectivity index (χ2v) is 4.18. The number of nitrogens with zero attached hydrogens (tertiary/aromatic N) is 4. The molecular weight excluding hydrogens is 311 g/mol. The van der Waals surface area contributed by atoms with E-state index in [9.17, 15) is 10.1 Å². The molecule has 0 atom stereocenters. The van der Waals surface area contributed by atoms with Gasteiger partial charge in [0.25, 0.3) is 5.69 Å². The maximum Gasteiger partial charge on any atom is 0.295 e. The van der Waals surface area contributed by atoms with Crippen LogP contribution in [0.2, 0.25) is 5.02 Å². The number of nitro groups is 1. The van der Waals surface area contributed by atoms with Gasteiger partial charge in [0.1, 0.15) is 5.69 Å². The van der Waals surface area contributed by atoms with Crippen LogP contribution in [0.15, 0.2) is 24.4 Å². The Labute approximate surface area is 109 Å². The minimum Gasteiger partial charge on any atom is -0.258 e. The van der Waals surface area contributed by atoms with Crippen LogP contribution in [-0.4, -0.2) is 19.9 Å². The monoisotopic (exact) mass is 316 g/mol. The Kier molecular flexibility index (Phi) is 3.39. The third kappa shape index (κ3) is 2.45. The lowest BCUT2D eigenvalue weighted by Crippen LogP contribution is -2.00. The molecule has 0 bridgehead atoms. The van der Waals surface area contributed by atoms with Crippen molar-refractivity contribution in [3.8, 4) is 5.69 Å². The van der Waals surface area contributed by atoms with Crippen molar-refractivity contribution >= 4 is 33.2 Å². The fourth-order valence-corrected chi connectivity index (χ4v) is 1.74. The summed E-state index contributed by atoms with van der Waals surface area (Å²) in [6.07, 6.45) is 1.60. The Morgan fingerprint density at radius 2 is 2.29 bits per heavy atom. The lowest BCUT2D eigenvalue weighted by Gasteiger charge is -2.02. The Balaban J connectivity index is 2.56. The van der Waals surface area contributed by atoms with E-state index < -0.39 is 4.92 Å². The van der Waals surface area contributed by atoms with Gasteiger partial charge in [-0.25, -0.2) is 4.68 Å². The molecule has 17 heavy (non-hydrogen) atoms. The van der Waals surface area contributed by atoms with E-state index in [1.54, 1.807) is 6.20 Å². The number of aromatic nitrogens is 3. The summed E-state index contributed by atoms with van der Waals surface area (Å²) in [5.74, 6) is 0. The van der Waals surface area contributed by atoms with E-state index in [2.05, 4.69) is 26.2 Å². The molecule has 88 valence electrons. The second kappa shape index (κ2) is 4.80. The summed E-state index contributed by atoms with van der Waals surface area (Å²) in [6, 6.07) is 4.28. The summed E-state index contributed by atoms with van der Waals surface area (Å²) < 4.78 is 1.33. The van der Waals surface area contributed by atoms with Gasteiger partial charge in [-0.2, -0.15) is 0 Å². The summed E-state index contributed by atoms with van der Waals surface area (Å²) in [7, 11) is 0. The van der Waals surface area contributed by atoms with Gasteiger partial charge in [-0.05, 0) is 12.1 Å². The first-order chi connectivity index (χ1) is 8.11. The van der Waals surface area contributed by atoms with Gasteiger partial charge >= 0.3 is 0 Å². The predicted molar refractivity (Wildman–Crippen MR) is 65.7 cm³/mol. The van der Waals surface area contributed by atoms with E-state index in [1.165, 1.54) is 22.9 Å². The van der Waals surface area contributed by atoms with E-state index in [4.69, 9.17) is 11.6 Å². The normalized spacial score (nSPS) is 10.5. The fourth-order valence-electron chi connectivity index (χ4n) is 1.31. The van der Waals surface area contributed by atoms with Crippen LogP contribution in [0.1, 0.15) is 5.69 Å². The van der Waals surface area contributed by atoms with Gasteiger partial charge in [-0.15, -0.1) is 5.10 Å². The minimum absolute atomic E-state index is 0.0691. The summed E-state index contributed by atoms with van der Waals surface area (Å²) >= 11 is 9.05. The highest BCUT2D eigenvalue weighted by molar-refractivity contribution is 9.08. The van der Waals surface area contributed by atoms with Gasteiger partial charge in [0.15, 0.2) is 0 Å². The Hall–Kier alpha value is -1.47. The highest BCUT2D eigenvalue weighted by atomic mass is 79.9. The quantitative estimate of drug-likeness (QED) is 0.495. The first-order valence-corrected chi connectivity index (χ1v) is 6.03. The molecule has 0 unspecified atom stereocenters. The number of rotatable bonds is 3. The standard InChI is InChI=1S/C9H6BrClN4O2/c10-4-7-5-14(13-12-7)9-3-6(11)1-2-8(9)15(16)17/h1-3,5H,4H2. The third-order valence-electron chi connectivity index (χ3n) is 2.06. The zero-order chi connectivity index (χ0) is 12.4. The molecule has 0 aliphatic heterocycles. The number of halogens is 2. The van der Waals surface area contributed by atoms with Crippen LogP contribution in [0.4, 0.5) is 5.69 Å². The lowest BCUT2D eigenvalue weighted by molar-refractivity contribution is -0.384. The largest absolute Gasteiger partial charge is 0.295 e. The number of benzene rings is 1. The van der Waals surface area contributed by atoms with Gasteiger partial charge in [0.05, 0.1) is 16.8 Å². The van der Waals surface area contributed by atoms with Crippen LogP contribution >= 0.6 is 27.5 Å². The average molecular weight is 318 g/mol. The topological polar surface area (TPSA) is 73.8 Å². The Morgan fingerprint density at radius 1 is 1.53 bits per heavy atom. The van der Waals surface area contributed by atoms with Crippen molar-refractivity contribution in [3.63, 3.8) is 0 Å². The summed E-state index contributed by atoms with van der Waals surface area (Å²) in [4.78, 5) is 10.4. The van der Waals surface area contributed by atoms with Crippen molar-refractivity contribution < 1.29 is 4.92 Å². The van der Waals surface area contributed by atoms with Gasteiger partial charge in [-0.3, -0.25) is 10.1 Å². The zero-order valence-corrected chi connectivity index (χ0v) is 10.7. The molecule has 1 aromatic heterocycles. The summed E-state index contributed by atoms with van der Waals surface area (Å²) in [5, 5.41) is 19.5. The molecule has 0 saturated carbocycles. The maximum atomic E-state index is 10.9. The molecule has 0 spiro atoms. The molecular formula is C9H6BrClN4O2. The number of hydrogen-bond acceptors (Lipinski definition) is 4. The molecule has 0 N–H and O–H groups in total. The molecule has 0 saturated heterocycles. The van der Waals surface area contributed by atoms with E-state index >= 15 is 0 Å². The first kappa shape index (κ1) is 12.0. The van der Waals surface area contributed by atoms with Gasteiger partial charge in [0, 0.05) is 16.4 Å². The average Bonchev–Trinajstić information content (AvgIpc) is 2.76. The molecule has 0 amide bonds. The highest BCUT2D eigenvalue weighted by Crippen LogP contribution is 2.25. The van der Waals surface area contributed by atoms with Crippen LogP contribution in [-0.2, 0) is 5.33 Å². The van der Waals surface area contributed by atoms with Crippen molar-refractivity contribution in [2.75, 3.05) is 0 Å². The van der Waals surface area contributed by atoms with Gasteiger partial charge < -0.3 is 0 Å². The van der Waals surface area contributed by atoms with Crippen LogP contribution < -0.4 is 0 Å². The van der Waals surface area contributed by atoms with Crippen LogP contribution in [0, 0.1) is 10.1 Å². The van der Waals surface area contributed by atoms with Crippen molar-refractivity contribution in [2.24, 2.45) is 0 Å². The number of nitro benzene ring substituents is 1. The van der Waals surface area contributed by atoms with E-state index in [0.29, 0.717) is 21.7 Å². The van der Waals surface area contributed by atoms with Crippen molar-refractivity contribution in [1.82, 2.24) is 15.0 Å². The molecule has 1 heterocycles. The second-order valence-electron chi connectivity index (χ2n) is 3.18. The van der Waals surface area contributed by atoms with Crippen LogP contribution in [0.3, 0.4) is 0 Å². The van der Waals surface area contributed by atoms with Crippen molar-refractivity contribution in [2.45, 2.75) is 5.33 Å². The molecule has 6 nitrogen and oxygen atoms in total. The zero-order valence-electron chi connectivity index (χ0n) is 8.38. The van der Waals surface area contributed by atoms with E-state index in [0.717, 1.165) is 0 Å². The Bertz CT molecular complexity index is 572. The molecule has 0 aliphatic rings. The van der Waals surface area contributed by atoms with E-state index in [1.807, 2.05) is 0 Å². The van der Waals surface area contributed by atoms with Gasteiger partial charge in [-0.1, -0.05) is 32.7 Å². The molecule has 2 rings (SSSR count). The number of hydrogen-bond donors (Lipinski definition) is 0. The smallest absolute Gasteiger partial charge is 0.258 e. The van der Waals surface area contributed by atoms with Crippen LogP contribution in [0.5, 0.6) is 0 Å². The molecule has 8 heteroatoms. The molecule has 2 aromatic rings. The lowest BCUT2D eigenvalue weighted by atomic mass is 10.2. The summed E-state index contributed by atoms with van der Waals surface area (Å²) in [5.41, 5.74) is 0.905. The first-order valence-electron chi connectivity index (χ1n) is 4.53. The van der Waals surface area contributed by atoms with E-state index in [-0.39, 0.29) is 5.69 Å². The van der Waals surface area contributed by atoms with Crippen LogP contribution in [0.25, 0.3) is 5.69 Å². The molecule has 0 aliphatic carbocycles. The Morgan fingerprint density at radius 3 is 2.88 bits per heavy atom. The van der Waals surface area contributed by atoms with Crippen molar-refractivity contribution in [1.29, 1.82) is 0 Å². The predicted octanol–water partition coefficient (Wildman–Crippen LogP) is 2.72. The highest BCUT2D eigenvalue weighted by Gasteiger charge is 2.16. The fraction of sp³-hybridized carbons (Fsp3) is 0.111. The maximum absolute atomic E-state index is 10.9. The molecule has 0 radical (unpaired) electrons. The summed E-state index contributed by atoms with van der Waals surface area (Å²) in [6.45, 7) is 0. The van der Waals surface area contributed by atoms with Gasteiger partial charge in [0.2, 0.25) is 0 Å². The number of alkyl halides is 1. The van der Waals surface area contributed by atoms with Crippen molar-refractivity contribution in [3.05, 3.63) is 45.2 Å². The third-order valence-corrected chi connectivity index (χ3v) is 2.87. The molecule has 1 aromatic carbocycles. The SMILES string of the molecule is O=[N+]([O-])c1ccc(Cl)cc1-n1cc(CBr)nn1. The molecule has 0 fully saturated rings. The minimum atomic E-state index is -0.485.